The Labute approximate surface area is 213 Å². The zero-order valence-electron chi connectivity index (χ0n) is 21.3. The molecular formula is C26H30F3N7O. The van der Waals surface area contributed by atoms with E-state index in [0.29, 0.717) is 36.4 Å². The molecule has 4 heterocycles. The number of hydrogen-bond acceptors (Lipinski definition) is 7. The predicted molar refractivity (Wildman–Crippen MR) is 134 cm³/mol. The average Bonchev–Trinajstić information content (AvgIpc) is 2.90. The highest BCUT2D eigenvalue weighted by molar-refractivity contribution is 5.86. The minimum absolute atomic E-state index is 0.0189. The Morgan fingerprint density at radius 2 is 1.81 bits per heavy atom. The Bertz CT molecular complexity index is 1360. The van der Waals surface area contributed by atoms with Crippen molar-refractivity contribution in [1.29, 1.82) is 5.26 Å². The highest BCUT2D eigenvalue weighted by Crippen LogP contribution is 2.35. The molecule has 3 aromatic heterocycles. The average molecular weight is 514 g/mol. The van der Waals surface area contributed by atoms with E-state index in [2.05, 4.69) is 44.7 Å². The summed E-state index contributed by atoms with van der Waals surface area (Å²) in [5.74, 6) is 0.462. The van der Waals surface area contributed by atoms with Gasteiger partial charge in [-0.05, 0) is 43.0 Å². The second-order valence-electron chi connectivity index (χ2n) is 9.32. The molecule has 3 atom stereocenters. The van der Waals surface area contributed by atoms with Crippen LogP contribution < -0.4 is 10.6 Å². The Balaban J connectivity index is 1.73. The molecule has 1 aliphatic heterocycles. The van der Waals surface area contributed by atoms with Crippen LogP contribution >= 0.6 is 0 Å². The van der Waals surface area contributed by atoms with Crippen molar-refractivity contribution in [2.75, 3.05) is 18.0 Å². The third-order valence-corrected chi connectivity index (χ3v) is 7.25. The van der Waals surface area contributed by atoms with Crippen molar-refractivity contribution in [1.82, 2.24) is 24.4 Å². The number of piperazine rings is 1. The summed E-state index contributed by atoms with van der Waals surface area (Å²) in [6.07, 6.45) is -0.893. The fourth-order valence-electron chi connectivity index (χ4n) is 5.23. The molecule has 0 amide bonds. The van der Waals surface area contributed by atoms with Crippen molar-refractivity contribution in [3.63, 3.8) is 0 Å². The lowest BCUT2D eigenvalue weighted by Crippen LogP contribution is -2.59. The van der Waals surface area contributed by atoms with Crippen molar-refractivity contribution >= 4 is 16.9 Å². The molecule has 0 N–H and O–H groups in total. The van der Waals surface area contributed by atoms with Gasteiger partial charge in [0, 0.05) is 44.5 Å². The van der Waals surface area contributed by atoms with Gasteiger partial charge in [-0.1, -0.05) is 26.8 Å². The van der Waals surface area contributed by atoms with Crippen LogP contribution in [0.5, 0.6) is 0 Å². The van der Waals surface area contributed by atoms with E-state index in [1.54, 1.807) is 19.2 Å². The number of alkyl halides is 3. The molecule has 1 fully saturated rings. The first-order valence-electron chi connectivity index (χ1n) is 12.5. The van der Waals surface area contributed by atoms with Crippen molar-refractivity contribution in [3.05, 3.63) is 57.9 Å². The Morgan fingerprint density at radius 3 is 2.38 bits per heavy atom. The van der Waals surface area contributed by atoms with E-state index in [4.69, 9.17) is 0 Å². The third-order valence-electron chi connectivity index (χ3n) is 7.25. The zero-order chi connectivity index (χ0) is 26.9. The van der Waals surface area contributed by atoms with Gasteiger partial charge in [0.15, 0.2) is 5.82 Å². The van der Waals surface area contributed by atoms with Crippen molar-refractivity contribution in [3.8, 4) is 6.07 Å². The van der Waals surface area contributed by atoms with E-state index in [1.165, 1.54) is 16.8 Å². The molecule has 4 rings (SSSR count). The summed E-state index contributed by atoms with van der Waals surface area (Å²) in [7, 11) is 1.63. The van der Waals surface area contributed by atoms with Gasteiger partial charge in [-0.25, -0.2) is 9.78 Å². The molecule has 1 aliphatic rings. The van der Waals surface area contributed by atoms with Gasteiger partial charge in [-0.3, -0.25) is 14.5 Å². The summed E-state index contributed by atoms with van der Waals surface area (Å²) < 4.78 is 40.6. The topological polar surface area (TPSA) is 90.9 Å². The molecule has 0 aliphatic carbocycles. The smallest absolute Gasteiger partial charge is 0.349 e. The lowest BCUT2D eigenvalue weighted by molar-refractivity contribution is -0.141. The number of pyridine rings is 2. The summed E-state index contributed by atoms with van der Waals surface area (Å²) in [6, 6.07) is 7.85. The molecule has 37 heavy (non-hydrogen) atoms. The maximum atomic E-state index is 13.1. The number of anilines is 1. The number of nitrogens with zero attached hydrogens (tertiary/aromatic N) is 7. The summed E-state index contributed by atoms with van der Waals surface area (Å²) in [4.78, 5) is 29.7. The summed E-state index contributed by atoms with van der Waals surface area (Å²) in [5, 5.41) is 9.40. The first-order valence-corrected chi connectivity index (χ1v) is 12.5. The molecular weight excluding hydrogens is 483 g/mol. The quantitative estimate of drug-likeness (QED) is 0.481. The maximum absolute atomic E-state index is 13.1. The second-order valence-corrected chi connectivity index (χ2v) is 9.32. The van der Waals surface area contributed by atoms with E-state index < -0.39 is 17.6 Å². The number of halogens is 3. The molecule has 3 aromatic rings. The van der Waals surface area contributed by atoms with E-state index in [-0.39, 0.29) is 23.8 Å². The molecule has 0 aromatic carbocycles. The number of aryl methyl sites for hydroxylation is 1. The highest BCUT2D eigenvalue weighted by atomic mass is 19.4. The van der Waals surface area contributed by atoms with Gasteiger partial charge < -0.3 is 4.90 Å². The van der Waals surface area contributed by atoms with Crippen LogP contribution in [0, 0.1) is 11.3 Å². The molecule has 0 spiro atoms. The number of rotatable bonds is 6. The first-order chi connectivity index (χ1) is 17.6. The Kier molecular flexibility index (Phi) is 7.50. The van der Waals surface area contributed by atoms with Crippen LogP contribution in [0.4, 0.5) is 19.0 Å². The summed E-state index contributed by atoms with van der Waals surface area (Å²) in [5.41, 5.74) is 0.788. The van der Waals surface area contributed by atoms with Gasteiger partial charge >= 0.3 is 11.9 Å². The Hall–Kier alpha value is -3.52. The van der Waals surface area contributed by atoms with Crippen molar-refractivity contribution in [2.24, 2.45) is 7.05 Å². The van der Waals surface area contributed by atoms with E-state index in [1.807, 2.05) is 6.92 Å². The zero-order valence-corrected chi connectivity index (χ0v) is 21.3. The minimum atomic E-state index is -4.48. The molecule has 0 saturated carbocycles. The summed E-state index contributed by atoms with van der Waals surface area (Å²) >= 11 is 0. The van der Waals surface area contributed by atoms with E-state index in [0.717, 1.165) is 24.5 Å². The van der Waals surface area contributed by atoms with Gasteiger partial charge in [0.2, 0.25) is 0 Å². The standard InChI is InChI=1S/C26H30F3N7O/c1-5-18-15-36(24-23-21(34(4)25(37)33-24)10-9-17(12-30)32-23)19(6-2)14-35(18)20(7-3)16-8-11-22(31-13-16)26(27,28)29/h8-11,13,18-20H,5-7,14-15H2,1-4H3/t18-,19?,20?/m1/s1. The minimum Gasteiger partial charge on any atom is -0.349 e. The largest absolute Gasteiger partial charge is 0.433 e. The van der Waals surface area contributed by atoms with Crippen molar-refractivity contribution in [2.45, 2.75) is 64.3 Å². The van der Waals surface area contributed by atoms with E-state index in [9.17, 15) is 23.2 Å². The van der Waals surface area contributed by atoms with Crippen LogP contribution in [0.25, 0.3) is 11.0 Å². The molecule has 2 unspecified atom stereocenters. The van der Waals surface area contributed by atoms with Crippen LogP contribution in [-0.2, 0) is 13.2 Å². The van der Waals surface area contributed by atoms with Gasteiger partial charge in [-0.15, -0.1) is 0 Å². The summed E-state index contributed by atoms with van der Waals surface area (Å²) in [6.45, 7) is 7.34. The maximum Gasteiger partial charge on any atom is 0.433 e. The van der Waals surface area contributed by atoms with Crippen LogP contribution in [0.15, 0.2) is 35.3 Å². The SMILES string of the molecule is CCC1CN(C(CC)c2ccc(C(F)(F)F)nc2)[C@H](CC)CN1c1nc(=O)n(C)c2ccc(C#N)nc12. The van der Waals surface area contributed by atoms with Gasteiger partial charge in [-0.2, -0.15) is 23.4 Å². The third kappa shape index (κ3) is 5.03. The lowest BCUT2D eigenvalue weighted by atomic mass is 9.95. The van der Waals surface area contributed by atoms with Gasteiger partial charge in [0.25, 0.3) is 0 Å². The number of hydrogen-bond donors (Lipinski definition) is 0. The highest BCUT2D eigenvalue weighted by Gasteiger charge is 2.38. The number of nitriles is 1. The van der Waals surface area contributed by atoms with Crippen LogP contribution in [0.3, 0.4) is 0 Å². The lowest BCUT2D eigenvalue weighted by Gasteiger charge is -2.49. The molecule has 0 bridgehead atoms. The molecule has 1 saturated heterocycles. The molecule has 11 heteroatoms. The molecule has 8 nitrogen and oxygen atoms in total. The fourth-order valence-corrected chi connectivity index (χ4v) is 5.23. The second kappa shape index (κ2) is 10.5. The van der Waals surface area contributed by atoms with E-state index >= 15 is 0 Å². The Morgan fingerprint density at radius 1 is 1.08 bits per heavy atom. The fraction of sp³-hybridized carbons (Fsp3) is 0.500. The monoisotopic (exact) mass is 513 g/mol. The predicted octanol–water partition coefficient (Wildman–Crippen LogP) is 4.44. The van der Waals surface area contributed by atoms with Crippen molar-refractivity contribution < 1.29 is 13.2 Å². The van der Waals surface area contributed by atoms with Crippen LogP contribution in [-0.4, -0.2) is 49.6 Å². The normalized spacial score (nSPS) is 19.7. The number of fused-ring (bicyclic) bond motifs is 1. The van der Waals surface area contributed by atoms with Gasteiger partial charge in [0.1, 0.15) is 23.0 Å². The molecule has 0 radical (unpaired) electrons. The van der Waals surface area contributed by atoms with Gasteiger partial charge in [0.05, 0.1) is 5.52 Å². The van der Waals surface area contributed by atoms with Crippen LogP contribution in [0.1, 0.15) is 63.0 Å². The molecule has 196 valence electrons. The first kappa shape index (κ1) is 26.5. The van der Waals surface area contributed by atoms with Crippen LogP contribution in [0.2, 0.25) is 0 Å². The number of aromatic nitrogens is 4.